The summed E-state index contributed by atoms with van der Waals surface area (Å²) in [6, 6.07) is 6.70. The van der Waals surface area contributed by atoms with Crippen LogP contribution in [-0.2, 0) is 6.54 Å². The number of nitrogens with two attached hydrogens (primary N) is 1. The van der Waals surface area contributed by atoms with Crippen molar-refractivity contribution in [3.63, 3.8) is 0 Å². The van der Waals surface area contributed by atoms with Crippen LogP contribution >= 0.6 is 0 Å². The minimum Gasteiger partial charge on any atom is -0.464 e. The van der Waals surface area contributed by atoms with E-state index in [1.54, 1.807) is 18.4 Å². The average molecular weight is 215 g/mol. The number of furan rings is 1. The summed E-state index contributed by atoms with van der Waals surface area (Å²) in [6.07, 6.45) is 1.60. The summed E-state index contributed by atoms with van der Waals surface area (Å²) in [5.41, 5.74) is 7.47. The molecule has 0 fully saturated rings. The molecule has 2 heterocycles. The summed E-state index contributed by atoms with van der Waals surface area (Å²) < 4.78 is 10.4. The fraction of sp³-hybridized carbons (Fsp3) is 0.0833. The van der Waals surface area contributed by atoms with Gasteiger partial charge in [-0.2, -0.15) is 0 Å². The van der Waals surface area contributed by atoms with E-state index in [0.717, 1.165) is 16.3 Å². The monoisotopic (exact) mass is 215 g/mol. The molecule has 3 rings (SSSR count). The maximum absolute atomic E-state index is 11.1. The Morgan fingerprint density at radius 3 is 2.75 bits per heavy atom. The Labute approximate surface area is 90.3 Å². The van der Waals surface area contributed by atoms with Gasteiger partial charge in [-0.3, -0.25) is 0 Å². The Bertz CT molecular complexity index is 724. The van der Waals surface area contributed by atoms with Gasteiger partial charge in [0.2, 0.25) is 0 Å². The van der Waals surface area contributed by atoms with E-state index in [1.165, 1.54) is 6.07 Å². The molecule has 3 aromatic rings. The van der Waals surface area contributed by atoms with Crippen molar-refractivity contribution < 1.29 is 8.83 Å². The molecule has 0 spiro atoms. The highest BCUT2D eigenvalue weighted by Gasteiger charge is 2.09. The van der Waals surface area contributed by atoms with E-state index in [9.17, 15) is 4.79 Å². The van der Waals surface area contributed by atoms with Gasteiger partial charge in [0, 0.05) is 29.4 Å². The number of hydrogen-bond donors (Lipinski definition) is 1. The van der Waals surface area contributed by atoms with E-state index >= 15 is 0 Å². The van der Waals surface area contributed by atoms with Crippen molar-refractivity contribution in [3.05, 3.63) is 46.5 Å². The molecule has 80 valence electrons. The van der Waals surface area contributed by atoms with Crippen molar-refractivity contribution in [2.75, 3.05) is 0 Å². The molecule has 0 amide bonds. The third kappa shape index (κ3) is 1.17. The topological polar surface area (TPSA) is 69.4 Å². The maximum Gasteiger partial charge on any atom is 0.336 e. The number of benzene rings is 1. The molecule has 16 heavy (non-hydrogen) atoms. The lowest BCUT2D eigenvalue weighted by molar-refractivity contribution is 0.559. The first kappa shape index (κ1) is 9.18. The van der Waals surface area contributed by atoms with Crippen LogP contribution in [0.5, 0.6) is 0 Å². The van der Waals surface area contributed by atoms with Crippen LogP contribution in [0.4, 0.5) is 0 Å². The normalized spacial score (nSPS) is 11.3. The van der Waals surface area contributed by atoms with Crippen LogP contribution in [0.3, 0.4) is 0 Å². The van der Waals surface area contributed by atoms with E-state index in [4.69, 9.17) is 14.6 Å². The van der Waals surface area contributed by atoms with E-state index in [2.05, 4.69) is 0 Å². The summed E-state index contributed by atoms with van der Waals surface area (Å²) in [5.74, 6) is 0. The molecule has 0 unspecified atom stereocenters. The largest absolute Gasteiger partial charge is 0.464 e. The van der Waals surface area contributed by atoms with Crippen molar-refractivity contribution in [1.29, 1.82) is 0 Å². The van der Waals surface area contributed by atoms with Crippen LogP contribution < -0.4 is 11.4 Å². The van der Waals surface area contributed by atoms with E-state index in [1.807, 2.05) is 6.07 Å². The van der Waals surface area contributed by atoms with E-state index < -0.39 is 0 Å². The lowest BCUT2D eigenvalue weighted by Gasteiger charge is -2.03. The van der Waals surface area contributed by atoms with Crippen molar-refractivity contribution in [3.8, 4) is 0 Å². The minimum absolute atomic E-state index is 0.374. The molecule has 2 N–H and O–H groups in total. The molecule has 4 heteroatoms. The van der Waals surface area contributed by atoms with Crippen LogP contribution in [-0.4, -0.2) is 0 Å². The molecule has 0 radical (unpaired) electrons. The standard InChI is InChI=1S/C12H9NO3/c13-6-9-7-1-2-12(14)16-11(7)5-10-8(9)3-4-15-10/h1-5H,6,13H2. The molecule has 0 bridgehead atoms. The zero-order chi connectivity index (χ0) is 11.1. The average Bonchev–Trinajstić information content (AvgIpc) is 2.73. The number of rotatable bonds is 1. The Hall–Kier alpha value is -2.07. The lowest BCUT2D eigenvalue weighted by atomic mass is 10.1. The van der Waals surface area contributed by atoms with Gasteiger partial charge in [-0.15, -0.1) is 0 Å². The van der Waals surface area contributed by atoms with Crippen LogP contribution in [0.1, 0.15) is 5.56 Å². The number of fused-ring (bicyclic) bond motifs is 2. The van der Waals surface area contributed by atoms with Gasteiger partial charge in [-0.25, -0.2) is 4.79 Å². The third-order valence-electron chi connectivity index (χ3n) is 2.67. The predicted molar refractivity (Wildman–Crippen MR) is 60.1 cm³/mol. The highest BCUT2D eigenvalue weighted by atomic mass is 16.4. The fourth-order valence-electron chi connectivity index (χ4n) is 1.95. The molecule has 4 nitrogen and oxygen atoms in total. The highest BCUT2D eigenvalue weighted by Crippen LogP contribution is 2.27. The molecule has 2 aromatic heterocycles. The van der Waals surface area contributed by atoms with Crippen molar-refractivity contribution >= 4 is 21.9 Å². The summed E-state index contributed by atoms with van der Waals surface area (Å²) >= 11 is 0. The SMILES string of the molecule is NCc1c2ccoc2cc2oc(=O)ccc12. The third-order valence-corrected chi connectivity index (χ3v) is 2.67. The van der Waals surface area contributed by atoms with Crippen molar-refractivity contribution in [2.45, 2.75) is 6.54 Å². The maximum atomic E-state index is 11.1. The molecule has 0 saturated heterocycles. The highest BCUT2D eigenvalue weighted by molar-refractivity contribution is 5.97. The molecule has 0 saturated carbocycles. The smallest absolute Gasteiger partial charge is 0.336 e. The minimum atomic E-state index is -0.374. The molecular weight excluding hydrogens is 206 g/mol. The Morgan fingerprint density at radius 1 is 1.12 bits per heavy atom. The zero-order valence-corrected chi connectivity index (χ0v) is 8.40. The molecule has 0 atom stereocenters. The van der Waals surface area contributed by atoms with Gasteiger partial charge in [0.05, 0.1) is 6.26 Å². The molecular formula is C12H9NO3. The second-order valence-electron chi connectivity index (χ2n) is 3.56. The predicted octanol–water partition coefficient (Wildman–Crippen LogP) is 2.00. The summed E-state index contributed by atoms with van der Waals surface area (Å²) in [5, 5.41) is 1.82. The molecule has 0 aliphatic rings. The van der Waals surface area contributed by atoms with E-state index in [-0.39, 0.29) is 5.63 Å². The van der Waals surface area contributed by atoms with Gasteiger partial charge in [-0.1, -0.05) is 0 Å². The lowest BCUT2D eigenvalue weighted by Crippen LogP contribution is -2.00. The van der Waals surface area contributed by atoms with Gasteiger partial charge >= 0.3 is 5.63 Å². The second-order valence-corrected chi connectivity index (χ2v) is 3.56. The molecule has 0 aliphatic carbocycles. The van der Waals surface area contributed by atoms with Crippen LogP contribution in [0.2, 0.25) is 0 Å². The van der Waals surface area contributed by atoms with Gasteiger partial charge in [-0.05, 0) is 17.7 Å². The molecule has 1 aromatic carbocycles. The van der Waals surface area contributed by atoms with E-state index in [0.29, 0.717) is 17.7 Å². The van der Waals surface area contributed by atoms with Crippen molar-refractivity contribution in [1.82, 2.24) is 0 Å². The van der Waals surface area contributed by atoms with Gasteiger partial charge in [0.25, 0.3) is 0 Å². The Balaban J connectivity index is 2.58. The van der Waals surface area contributed by atoms with Gasteiger partial charge in [0.15, 0.2) is 0 Å². The Morgan fingerprint density at radius 2 is 1.94 bits per heavy atom. The first-order valence-corrected chi connectivity index (χ1v) is 4.92. The Kier molecular flexibility index (Phi) is 1.84. The fourth-order valence-corrected chi connectivity index (χ4v) is 1.95. The van der Waals surface area contributed by atoms with Gasteiger partial charge < -0.3 is 14.6 Å². The van der Waals surface area contributed by atoms with Crippen LogP contribution in [0.15, 0.2) is 44.2 Å². The summed E-state index contributed by atoms with van der Waals surface area (Å²) in [6.45, 7) is 0.376. The second kappa shape index (κ2) is 3.21. The summed E-state index contributed by atoms with van der Waals surface area (Å²) in [4.78, 5) is 11.1. The summed E-state index contributed by atoms with van der Waals surface area (Å²) in [7, 11) is 0. The first-order chi connectivity index (χ1) is 7.79. The first-order valence-electron chi connectivity index (χ1n) is 4.92. The van der Waals surface area contributed by atoms with Crippen LogP contribution in [0, 0.1) is 0 Å². The molecule has 0 aliphatic heterocycles. The number of hydrogen-bond acceptors (Lipinski definition) is 4. The zero-order valence-electron chi connectivity index (χ0n) is 8.40. The van der Waals surface area contributed by atoms with Gasteiger partial charge in [0.1, 0.15) is 11.2 Å². The van der Waals surface area contributed by atoms with Crippen molar-refractivity contribution in [2.24, 2.45) is 5.73 Å². The quantitative estimate of drug-likeness (QED) is 0.630. The van der Waals surface area contributed by atoms with Crippen LogP contribution in [0.25, 0.3) is 21.9 Å².